The van der Waals surface area contributed by atoms with E-state index in [1.165, 1.54) is 4.90 Å². The van der Waals surface area contributed by atoms with Crippen molar-refractivity contribution in [2.45, 2.75) is 53.6 Å². The van der Waals surface area contributed by atoms with Crippen LogP contribution in [-0.4, -0.2) is 29.0 Å². The molecule has 1 aliphatic heterocycles. The molecule has 0 bridgehead atoms. The van der Waals surface area contributed by atoms with Crippen LogP contribution >= 0.6 is 0 Å². The fourth-order valence-electron chi connectivity index (χ4n) is 1.79. The van der Waals surface area contributed by atoms with E-state index in [0.29, 0.717) is 6.54 Å². The van der Waals surface area contributed by atoms with Gasteiger partial charge in [0.2, 0.25) is 5.91 Å². The van der Waals surface area contributed by atoms with E-state index in [-0.39, 0.29) is 17.2 Å². The third-order valence-electron chi connectivity index (χ3n) is 3.40. The van der Waals surface area contributed by atoms with Crippen LogP contribution in [0.3, 0.4) is 0 Å². The van der Waals surface area contributed by atoms with Gasteiger partial charge in [0.25, 0.3) is 0 Å². The van der Waals surface area contributed by atoms with Crippen molar-refractivity contribution in [3.05, 3.63) is 0 Å². The molecule has 2 amide bonds. The van der Waals surface area contributed by atoms with Gasteiger partial charge in [0.15, 0.2) is 0 Å². The summed E-state index contributed by atoms with van der Waals surface area (Å²) in [5, 5.41) is 0. The molecule has 0 N–H and O–H groups in total. The first kappa shape index (κ1) is 14.0. The van der Waals surface area contributed by atoms with Crippen LogP contribution in [0.1, 0.15) is 48.0 Å². The molecular weight excluding hydrogens is 218 g/mol. The van der Waals surface area contributed by atoms with Gasteiger partial charge < -0.3 is 4.74 Å². The van der Waals surface area contributed by atoms with Crippen molar-refractivity contribution in [1.82, 2.24) is 4.90 Å². The first-order valence-corrected chi connectivity index (χ1v) is 6.09. The molecule has 17 heavy (non-hydrogen) atoms. The van der Waals surface area contributed by atoms with Crippen LogP contribution in [0.2, 0.25) is 0 Å². The van der Waals surface area contributed by atoms with Crippen LogP contribution < -0.4 is 0 Å². The average Bonchev–Trinajstić information content (AvgIpc) is 2.11. The second kappa shape index (κ2) is 4.31. The first-order chi connectivity index (χ1) is 7.54. The lowest BCUT2D eigenvalue weighted by Crippen LogP contribution is -2.51. The van der Waals surface area contributed by atoms with Gasteiger partial charge in [-0.25, -0.2) is 9.69 Å². The number of hydrogen-bond donors (Lipinski definition) is 0. The van der Waals surface area contributed by atoms with Crippen molar-refractivity contribution < 1.29 is 14.3 Å². The van der Waals surface area contributed by atoms with Crippen LogP contribution in [0.5, 0.6) is 0 Å². The maximum atomic E-state index is 12.1. The molecule has 1 heterocycles. The molecular formula is C13H23NO3. The number of carbonyl (C=O) groups excluding carboxylic acids is 2. The molecule has 0 aromatic heterocycles. The third-order valence-corrected chi connectivity index (χ3v) is 3.40. The van der Waals surface area contributed by atoms with E-state index in [9.17, 15) is 9.59 Å². The second-order valence-electron chi connectivity index (χ2n) is 6.43. The Kier molecular flexibility index (Phi) is 3.55. The van der Waals surface area contributed by atoms with Crippen LogP contribution in [0.4, 0.5) is 4.79 Å². The minimum Gasteiger partial charge on any atom is -0.443 e. The maximum absolute atomic E-state index is 12.1. The van der Waals surface area contributed by atoms with Gasteiger partial charge in [0.05, 0.1) is 0 Å². The van der Waals surface area contributed by atoms with Crippen molar-refractivity contribution in [3.8, 4) is 0 Å². The number of hydrogen-bond acceptors (Lipinski definition) is 3. The van der Waals surface area contributed by atoms with E-state index >= 15 is 0 Å². The number of ether oxygens (including phenoxy) is 1. The van der Waals surface area contributed by atoms with Gasteiger partial charge >= 0.3 is 6.09 Å². The zero-order valence-electron chi connectivity index (χ0n) is 11.7. The molecule has 1 atom stereocenters. The molecule has 0 radical (unpaired) electrons. The summed E-state index contributed by atoms with van der Waals surface area (Å²) in [6.45, 7) is 11.8. The normalized spacial score (nSPS) is 24.7. The molecule has 1 unspecified atom stereocenters. The number of piperidine rings is 1. The molecule has 4 heteroatoms. The Morgan fingerprint density at radius 3 is 2.41 bits per heavy atom. The van der Waals surface area contributed by atoms with Crippen molar-refractivity contribution in [2.24, 2.45) is 11.3 Å². The van der Waals surface area contributed by atoms with Crippen molar-refractivity contribution in [1.29, 1.82) is 0 Å². The fourth-order valence-corrected chi connectivity index (χ4v) is 1.79. The maximum Gasteiger partial charge on any atom is 0.417 e. The lowest BCUT2D eigenvalue weighted by atomic mass is 9.74. The van der Waals surface area contributed by atoms with E-state index in [2.05, 4.69) is 13.8 Å². The Morgan fingerprint density at radius 2 is 1.94 bits per heavy atom. The quantitative estimate of drug-likeness (QED) is 0.655. The summed E-state index contributed by atoms with van der Waals surface area (Å²) >= 11 is 0. The lowest BCUT2D eigenvalue weighted by molar-refractivity contribution is -0.142. The minimum atomic E-state index is -0.562. The Balaban J connectivity index is 2.75. The van der Waals surface area contributed by atoms with Crippen LogP contribution in [-0.2, 0) is 9.53 Å². The van der Waals surface area contributed by atoms with Gasteiger partial charge in [0, 0.05) is 12.5 Å². The van der Waals surface area contributed by atoms with Gasteiger partial charge in [-0.3, -0.25) is 4.79 Å². The predicted octanol–water partition coefficient (Wildman–Crippen LogP) is 2.82. The number of carbonyl (C=O) groups is 2. The van der Waals surface area contributed by atoms with E-state index in [1.807, 2.05) is 6.92 Å². The van der Waals surface area contributed by atoms with Gasteiger partial charge in [-0.2, -0.15) is 0 Å². The Morgan fingerprint density at radius 1 is 1.41 bits per heavy atom. The largest absolute Gasteiger partial charge is 0.443 e. The van der Waals surface area contributed by atoms with Gasteiger partial charge in [0.1, 0.15) is 5.60 Å². The minimum absolute atomic E-state index is 0.0460. The third kappa shape index (κ3) is 3.20. The molecule has 0 aromatic rings. The first-order valence-electron chi connectivity index (χ1n) is 6.09. The van der Waals surface area contributed by atoms with E-state index in [4.69, 9.17) is 4.74 Å². The van der Waals surface area contributed by atoms with Crippen molar-refractivity contribution in [3.63, 3.8) is 0 Å². The smallest absolute Gasteiger partial charge is 0.417 e. The van der Waals surface area contributed by atoms with Gasteiger partial charge in [-0.05, 0) is 32.6 Å². The zero-order valence-corrected chi connectivity index (χ0v) is 11.7. The summed E-state index contributed by atoms with van der Waals surface area (Å²) in [7, 11) is 0. The Hall–Kier alpha value is -1.06. The number of imide groups is 1. The lowest BCUT2D eigenvalue weighted by Gasteiger charge is -2.40. The van der Waals surface area contributed by atoms with E-state index in [1.54, 1.807) is 20.8 Å². The summed E-state index contributed by atoms with van der Waals surface area (Å²) in [5.41, 5.74) is -0.608. The van der Waals surface area contributed by atoms with E-state index in [0.717, 1.165) is 6.42 Å². The fraction of sp³-hybridized carbons (Fsp3) is 0.846. The highest BCUT2D eigenvalue weighted by atomic mass is 16.6. The summed E-state index contributed by atoms with van der Waals surface area (Å²) in [6.07, 6.45) is 0.295. The molecule has 4 nitrogen and oxygen atoms in total. The highest BCUT2D eigenvalue weighted by Crippen LogP contribution is 2.36. The molecule has 0 aromatic carbocycles. The summed E-state index contributed by atoms with van der Waals surface area (Å²) in [6, 6.07) is 0. The van der Waals surface area contributed by atoms with Crippen LogP contribution in [0, 0.1) is 11.3 Å². The molecule has 1 saturated heterocycles. The molecule has 1 fully saturated rings. The molecule has 1 aliphatic rings. The second-order valence-corrected chi connectivity index (χ2v) is 6.43. The number of likely N-dealkylation sites (tertiary alicyclic amines) is 1. The Bertz CT molecular complexity index is 328. The summed E-state index contributed by atoms with van der Waals surface area (Å²) in [4.78, 5) is 25.2. The predicted molar refractivity (Wildman–Crippen MR) is 65.5 cm³/mol. The molecule has 0 saturated carbocycles. The highest BCUT2D eigenvalue weighted by Gasteiger charge is 2.42. The van der Waals surface area contributed by atoms with Gasteiger partial charge in [-0.15, -0.1) is 0 Å². The summed E-state index contributed by atoms with van der Waals surface area (Å²) < 4.78 is 5.23. The van der Waals surface area contributed by atoms with Crippen molar-refractivity contribution in [2.75, 3.05) is 6.54 Å². The zero-order chi connectivity index (χ0) is 13.4. The van der Waals surface area contributed by atoms with E-state index < -0.39 is 11.7 Å². The van der Waals surface area contributed by atoms with Crippen LogP contribution in [0.25, 0.3) is 0 Å². The molecule has 0 spiro atoms. The summed E-state index contributed by atoms with van der Waals surface area (Å²) in [5.74, 6) is -0.278. The number of nitrogens with zero attached hydrogens (tertiary/aromatic N) is 1. The number of amides is 2. The monoisotopic (exact) mass is 241 g/mol. The van der Waals surface area contributed by atoms with Gasteiger partial charge in [-0.1, -0.05) is 20.8 Å². The SMILES string of the molecule is CC1C(=O)N(C(=O)OC(C)(C)C)CCC1(C)C. The van der Waals surface area contributed by atoms with Crippen LogP contribution in [0.15, 0.2) is 0 Å². The standard InChI is InChI=1S/C13H23NO3/c1-9-10(15)14(8-7-13(9,5)6)11(16)17-12(2,3)4/h9H,7-8H2,1-6H3. The molecule has 0 aliphatic carbocycles. The highest BCUT2D eigenvalue weighted by molar-refractivity contribution is 5.94. The molecule has 98 valence electrons. The number of rotatable bonds is 0. The topological polar surface area (TPSA) is 46.6 Å². The Labute approximate surface area is 103 Å². The molecule has 1 rings (SSSR count). The van der Waals surface area contributed by atoms with Crippen molar-refractivity contribution >= 4 is 12.0 Å². The average molecular weight is 241 g/mol.